The van der Waals surface area contributed by atoms with Gasteiger partial charge in [0.25, 0.3) is 0 Å². The van der Waals surface area contributed by atoms with Crippen LogP contribution in [-0.2, 0) is 30.2 Å². The Kier molecular flexibility index (Phi) is 5.78. The van der Waals surface area contributed by atoms with E-state index in [1.54, 1.807) is 17.7 Å². The molecule has 1 fully saturated rings. The summed E-state index contributed by atoms with van der Waals surface area (Å²) in [5.41, 5.74) is 0.497. The van der Waals surface area contributed by atoms with E-state index < -0.39 is 30.1 Å². The second-order valence-electron chi connectivity index (χ2n) is 8.36. The number of rotatable bonds is 7. The van der Waals surface area contributed by atoms with E-state index in [4.69, 9.17) is 14.0 Å². The monoisotopic (exact) mass is 401 g/mol. The van der Waals surface area contributed by atoms with Gasteiger partial charge in [-0.2, -0.15) is 0 Å². The molecule has 8 heteroatoms. The van der Waals surface area contributed by atoms with Gasteiger partial charge in [-0.15, -0.1) is 0 Å². The Morgan fingerprint density at radius 3 is 2.38 bits per heavy atom. The molecule has 0 aliphatic carbocycles. The molecule has 156 valence electrons. The van der Waals surface area contributed by atoms with Crippen LogP contribution >= 0.6 is 0 Å². The zero-order valence-electron chi connectivity index (χ0n) is 17.6. The van der Waals surface area contributed by atoms with Gasteiger partial charge in [-0.05, 0) is 46.2 Å². The summed E-state index contributed by atoms with van der Waals surface area (Å²) in [5.74, 6) is -1.72. The van der Waals surface area contributed by atoms with Gasteiger partial charge in [0.2, 0.25) is 0 Å². The van der Waals surface area contributed by atoms with Crippen LogP contribution in [0.5, 0.6) is 0 Å². The number of carbonyl (C=O) groups excluding carboxylic acids is 1. The number of benzene rings is 1. The molecule has 0 saturated carbocycles. The smallest absolute Gasteiger partial charge is 0.466 e. The highest BCUT2D eigenvalue weighted by atomic mass is 16.7. The molecule has 2 aromatic rings. The Morgan fingerprint density at radius 1 is 1.17 bits per heavy atom. The van der Waals surface area contributed by atoms with Crippen molar-refractivity contribution in [2.24, 2.45) is 0 Å². The van der Waals surface area contributed by atoms with Gasteiger partial charge in [-0.3, -0.25) is 9.59 Å². The van der Waals surface area contributed by atoms with Crippen LogP contribution in [0.4, 0.5) is 0 Å². The highest BCUT2D eigenvalue weighted by Gasteiger charge is 2.54. The Hall–Kier alpha value is -2.32. The fraction of sp³-hybridized carbons (Fsp3) is 0.524. The summed E-state index contributed by atoms with van der Waals surface area (Å²) in [6.07, 6.45) is 1.86. The third kappa shape index (κ3) is 4.18. The number of aromatic nitrogens is 1. The topological polar surface area (TPSA) is 87.0 Å². The number of carbonyl (C=O) groups is 2. The molecule has 1 N–H and O–H groups in total. The van der Waals surface area contributed by atoms with Crippen molar-refractivity contribution >= 4 is 30.0 Å². The van der Waals surface area contributed by atoms with Crippen LogP contribution in [0.25, 0.3) is 10.9 Å². The zero-order chi connectivity index (χ0) is 21.4. The average molecular weight is 401 g/mol. The second-order valence-corrected chi connectivity index (χ2v) is 8.36. The summed E-state index contributed by atoms with van der Waals surface area (Å²) >= 11 is 0. The van der Waals surface area contributed by atoms with Crippen LogP contribution in [0.3, 0.4) is 0 Å². The highest BCUT2D eigenvalue weighted by molar-refractivity contribution is 6.48. The number of esters is 1. The van der Waals surface area contributed by atoms with Gasteiger partial charge in [0.1, 0.15) is 6.54 Å². The lowest BCUT2D eigenvalue weighted by Gasteiger charge is -2.32. The van der Waals surface area contributed by atoms with E-state index in [0.717, 1.165) is 16.5 Å². The molecule has 1 aliphatic heterocycles. The van der Waals surface area contributed by atoms with Crippen molar-refractivity contribution in [1.29, 1.82) is 0 Å². The number of hydrogen-bond donors (Lipinski definition) is 1. The minimum atomic E-state index is -0.935. The van der Waals surface area contributed by atoms with Crippen LogP contribution in [0.15, 0.2) is 30.5 Å². The lowest BCUT2D eigenvalue weighted by molar-refractivity contribution is -0.143. The number of aliphatic carboxylic acids is 1. The standard InChI is InChI=1S/C21H28BNO6/c1-6-27-19(26)11-16(22-28-20(2,3)21(4,5)29-22)15-12-23(13-18(24)25)17-10-8-7-9-14(15)17/h7-10,12,16H,6,11,13H2,1-5H3,(H,24,25). The molecule has 1 aromatic heterocycles. The Bertz CT molecular complexity index is 903. The number of para-hydroxylation sites is 1. The fourth-order valence-electron chi connectivity index (χ4n) is 3.65. The van der Waals surface area contributed by atoms with Gasteiger partial charge in [0, 0.05) is 22.9 Å². The van der Waals surface area contributed by atoms with Gasteiger partial charge in [-0.25, -0.2) is 0 Å². The van der Waals surface area contributed by atoms with E-state index in [0.29, 0.717) is 0 Å². The van der Waals surface area contributed by atoms with Crippen LogP contribution in [-0.4, -0.2) is 46.5 Å². The third-order valence-corrected chi connectivity index (χ3v) is 5.82. The van der Waals surface area contributed by atoms with E-state index >= 15 is 0 Å². The quantitative estimate of drug-likeness (QED) is 0.565. The first-order valence-electron chi connectivity index (χ1n) is 9.86. The summed E-state index contributed by atoms with van der Waals surface area (Å²) in [4.78, 5) is 23.7. The molecule has 2 heterocycles. The van der Waals surface area contributed by atoms with Crippen LogP contribution in [0.1, 0.15) is 52.4 Å². The number of ether oxygens (including phenoxy) is 1. The lowest BCUT2D eigenvalue weighted by atomic mass is 9.66. The zero-order valence-corrected chi connectivity index (χ0v) is 17.6. The maximum atomic E-state index is 12.4. The predicted molar refractivity (Wildman–Crippen MR) is 110 cm³/mol. The van der Waals surface area contributed by atoms with Crippen molar-refractivity contribution in [2.75, 3.05) is 6.61 Å². The molecule has 7 nitrogen and oxygen atoms in total. The lowest BCUT2D eigenvalue weighted by Crippen LogP contribution is -2.41. The fourth-order valence-corrected chi connectivity index (χ4v) is 3.65. The number of nitrogens with zero attached hydrogens (tertiary/aromatic N) is 1. The Labute approximate surface area is 171 Å². The van der Waals surface area contributed by atoms with Crippen molar-refractivity contribution in [2.45, 2.75) is 64.6 Å². The average Bonchev–Trinajstić information content (AvgIpc) is 3.07. The van der Waals surface area contributed by atoms with Crippen LogP contribution < -0.4 is 0 Å². The number of carboxylic acid groups (broad SMARTS) is 1. The van der Waals surface area contributed by atoms with Gasteiger partial charge in [0.15, 0.2) is 0 Å². The molecule has 1 aromatic carbocycles. The third-order valence-electron chi connectivity index (χ3n) is 5.82. The molecule has 0 bridgehead atoms. The van der Waals surface area contributed by atoms with E-state index in [-0.39, 0.29) is 25.5 Å². The van der Waals surface area contributed by atoms with Crippen LogP contribution in [0, 0.1) is 0 Å². The van der Waals surface area contributed by atoms with Gasteiger partial charge in [0.05, 0.1) is 24.2 Å². The molecule has 1 atom stereocenters. The first-order chi connectivity index (χ1) is 13.6. The van der Waals surface area contributed by atoms with Crippen molar-refractivity contribution in [3.63, 3.8) is 0 Å². The summed E-state index contributed by atoms with van der Waals surface area (Å²) < 4.78 is 19.4. The van der Waals surface area contributed by atoms with E-state index in [1.807, 2.05) is 52.0 Å². The van der Waals surface area contributed by atoms with Gasteiger partial charge < -0.3 is 23.7 Å². The van der Waals surface area contributed by atoms with Crippen molar-refractivity contribution in [3.05, 3.63) is 36.0 Å². The second kappa shape index (κ2) is 7.84. The molecule has 1 saturated heterocycles. The summed E-state index contributed by atoms with van der Waals surface area (Å²) in [6.45, 7) is 9.72. The minimum absolute atomic E-state index is 0.0751. The van der Waals surface area contributed by atoms with E-state index in [1.165, 1.54) is 0 Å². The van der Waals surface area contributed by atoms with Crippen molar-refractivity contribution in [3.8, 4) is 0 Å². The van der Waals surface area contributed by atoms with Gasteiger partial charge >= 0.3 is 19.1 Å². The van der Waals surface area contributed by atoms with Crippen molar-refractivity contribution in [1.82, 2.24) is 4.57 Å². The number of carboxylic acids is 1. The molecule has 0 radical (unpaired) electrons. The number of hydrogen-bond acceptors (Lipinski definition) is 5. The minimum Gasteiger partial charge on any atom is -0.480 e. The highest BCUT2D eigenvalue weighted by Crippen LogP contribution is 2.43. The first-order valence-corrected chi connectivity index (χ1v) is 9.86. The summed E-state index contributed by atoms with van der Waals surface area (Å²) in [6, 6.07) is 7.54. The predicted octanol–water partition coefficient (Wildman–Crippen LogP) is 3.39. The number of fused-ring (bicyclic) bond motifs is 1. The molecule has 29 heavy (non-hydrogen) atoms. The molecule has 1 unspecified atom stereocenters. The molecule has 0 amide bonds. The Balaban J connectivity index is 2.07. The van der Waals surface area contributed by atoms with Crippen molar-refractivity contribution < 1.29 is 28.7 Å². The summed E-state index contributed by atoms with van der Waals surface area (Å²) in [5, 5.41) is 10.2. The summed E-state index contributed by atoms with van der Waals surface area (Å²) in [7, 11) is -0.659. The molecular formula is C21H28BNO6. The maximum Gasteiger partial charge on any atom is 0.466 e. The largest absolute Gasteiger partial charge is 0.480 e. The van der Waals surface area contributed by atoms with Gasteiger partial charge in [-0.1, -0.05) is 18.2 Å². The van der Waals surface area contributed by atoms with E-state index in [2.05, 4.69) is 0 Å². The maximum absolute atomic E-state index is 12.4. The van der Waals surface area contributed by atoms with Crippen LogP contribution in [0.2, 0.25) is 0 Å². The first kappa shape index (κ1) is 21.4. The van der Waals surface area contributed by atoms with E-state index in [9.17, 15) is 14.7 Å². The SMILES string of the molecule is CCOC(=O)CC(B1OC(C)(C)C(C)(C)O1)c1cn(CC(=O)O)c2ccccc12. The molecule has 3 rings (SSSR count). The molecule has 0 spiro atoms. The molecular weight excluding hydrogens is 373 g/mol. The Morgan fingerprint density at radius 2 is 1.79 bits per heavy atom. The normalized spacial score (nSPS) is 18.7. The molecule has 1 aliphatic rings.